The van der Waals surface area contributed by atoms with Gasteiger partial charge >= 0.3 is 0 Å². The lowest BCUT2D eigenvalue weighted by atomic mass is 10.2. The Morgan fingerprint density at radius 3 is 2.71 bits per heavy atom. The third kappa shape index (κ3) is 3.72. The molecule has 1 saturated heterocycles. The molecule has 1 aliphatic heterocycles. The van der Waals surface area contributed by atoms with Crippen LogP contribution in [0.25, 0.3) is 0 Å². The molecule has 1 amide bonds. The maximum absolute atomic E-state index is 12.8. The minimum atomic E-state index is 0.117. The highest BCUT2D eigenvalue weighted by Crippen LogP contribution is 2.22. The minimum Gasteiger partial charge on any atom is -0.352 e. The largest absolute Gasteiger partial charge is 0.352 e. The van der Waals surface area contributed by atoms with Gasteiger partial charge in [-0.25, -0.2) is 9.97 Å². The normalized spacial score (nSPS) is 14.9. The summed E-state index contributed by atoms with van der Waals surface area (Å²) < 4.78 is 0. The van der Waals surface area contributed by atoms with Gasteiger partial charge in [-0.3, -0.25) is 9.78 Å². The zero-order valence-electron chi connectivity index (χ0n) is 14.2. The molecule has 0 unspecified atom stereocenters. The van der Waals surface area contributed by atoms with Crippen molar-refractivity contribution < 1.29 is 4.79 Å². The fourth-order valence-electron chi connectivity index (χ4n) is 2.82. The average Bonchev–Trinajstić information content (AvgIpc) is 3.01. The van der Waals surface area contributed by atoms with Gasteiger partial charge in [0.25, 0.3) is 5.91 Å². The molecule has 1 fully saturated rings. The number of carbonyl (C=O) groups excluding carboxylic acids is 1. The van der Waals surface area contributed by atoms with E-state index in [9.17, 15) is 4.79 Å². The number of unbranched alkanes of at least 4 members (excludes halogenated alkanes) is 1. The maximum atomic E-state index is 12.8. The van der Waals surface area contributed by atoms with Gasteiger partial charge in [-0.05, 0) is 19.8 Å². The monoisotopic (exact) mass is 345 g/mol. The zero-order chi connectivity index (χ0) is 16.9. The van der Waals surface area contributed by atoms with Crippen molar-refractivity contribution in [1.29, 1.82) is 0 Å². The molecule has 0 spiro atoms. The number of hydrogen-bond donors (Lipinski definition) is 0. The number of piperazine rings is 1. The maximum Gasteiger partial charge on any atom is 0.265 e. The molecule has 1 aliphatic rings. The molecule has 0 bridgehead atoms. The van der Waals surface area contributed by atoms with Crippen LogP contribution in [0.3, 0.4) is 0 Å². The van der Waals surface area contributed by atoms with Crippen LogP contribution in [0.1, 0.15) is 40.1 Å². The Kier molecular flexibility index (Phi) is 5.40. The molecular weight excluding hydrogens is 322 g/mol. The number of aryl methyl sites for hydroxylation is 2. The molecule has 24 heavy (non-hydrogen) atoms. The number of carbonyl (C=O) groups is 1. The Balaban J connectivity index is 1.62. The smallest absolute Gasteiger partial charge is 0.265 e. The highest BCUT2D eigenvalue weighted by Gasteiger charge is 2.25. The van der Waals surface area contributed by atoms with E-state index in [4.69, 9.17) is 0 Å². The molecule has 7 heteroatoms. The summed E-state index contributed by atoms with van der Waals surface area (Å²) in [5.74, 6) is 0.993. The van der Waals surface area contributed by atoms with Crippen LogP contribution in [0.15, 0.2) is 18.6 Å². The number of nitrogens with zero attached hydrogens (tertiary/aromatic N) is 5. The van der Waals surface area contributed by atoms with Crippen LogP contribution in [-0.4, -0.2) is 51.9 Å². The lowest BCUT2D eigenvalue weighted by Gasteiger charge is -2.35. The van der Waals surface area contributed by atoms with E-state index in [0.29, 0.717) is 13.1 Å². The van der Waals surface area contributed by atoms with E-state index in [2.05, 4.69) is 26.8 Å². The number of rotatable bonds is 5. The van der Waals surface area contributed by atoms with Crippen LogP contribution < -0.4 is 4.90 Å². The molecule has 0 atom stereocenters. The van der Waals surface area contributed by atoms with Crippen molar-refractivity contribution >= 4 is 23.1 Å². The lowest BCUT2D eigenvalue weighted by molar-refractivity contribution is 0.0750. The molecule has 2 aromatic heterocycles. The van der Waals surface area contributed by atoms with E-state index >= 15 is 0 Å². The lowest BCUT2D eigenvalue weighted by Crippen LogP contribution is -2.49. The molecule has 6 nitrogen and oxygen atoms in total. The number of hydrogen-bond acceptors (Lipinski definition) is 6. The molecule has 2 aromatic rings. The molecule has 0 aliphatic carbocycles. The van der Waals surface area contributed by atoms with Crippen LogP contribution in [0.4, 0.5) is 5.82 Å². The van der Waals surface area contributed by atoms with Gasteiger partial charge in [0.2, 0.25) is 0 Å². The van der Waals surface area contributed by atoms with Crippen LogP contribution in [0.5, 0.6) is 0 Å². The predicted molar refractivity (Wildman–Crippen MR) is 95.6 cm³/mol. The number of thiazole rings is 1. The zero-order valence-corrected chi connectivity index (χ0v) is 15.1. The first-order chi connectivity index (χ1) is 11.7. The summed E-state index contributed by atoms with van der Waals surface area (Å²) in [4.78, 5) is 30.7. The Hall–Kier alpha value is -2.02. The second-order valence-corrected chi connectivity index (χ2v) is 7.05. The van der Waals surface area contributed by atoms with E-state index in [1.165, 1.54) is 0 Å². The second kappa shape index (κ2) is 7.70. The van der Waals surface area contributed by atoms with Crippen molar-refractivity contribution in [2.75, 3.05) is 31.1 Å². The molecular formula is C17H23N5OS. The van der Waals surface area contributed by atoms with E-state index in [0.717, 1.165) is 53.7 Å². The van der Waals surface area contributed by atoms with Gasteiger partial charge in [-0.2, -0.15) is 0 Å². The summed E-state index contributed by atoms with van der Waals surface area (Å²) >= 11 is 1.56. The van der Waals surface area contributed by atoms with Crippen LogP contribution in [0, 0.1) is 6.92 Å². The first-order valence-corrected chi connectivity index (χ1v) is 9.27. The summed E-state index contributed by atoms with van der Waals surface area (Å²) in [7, 11) is 0. The summed E-state index contributed by atoms with van der Waals surface area (Å²) in [6, 6.07) is 0. The Labute approximate surface area is 146 Å². The molecule has 0 aromatic carbocycles. The summed E-state index contributed by atoms with van der Waals surface area (Å²) in [6.45, 7) is 7.09. The van der Waals surface area contributed by atoms with Crippen molar-refractivity contribution in [3.05, 3.63) is 34.2 Å². The van der Waals surface area contributed by atoms with Crippen LogP contribution in [0.2, 0.25) is 0 Å². The first-order valence-electron chi connectivity index (χ1n) is 8.45. The molecule has 3 rings (SSSR count). The standard InChI is InChI=1S/C17H23N5OS/c1-3-4-5-15-20-13(2)16(24-15)17(23)22-10-8-21(9-11-22)14-12-18-6-7-19-14/h6-7,12H,3-5,8-11H2,1-2H3. The van der Waals surface area contributed by atoms with Crippen LogP contribution >= 0.6 is 11.3 Å². The van der Waals surface area contributed by atoms with Crippen molar-refractivity contribution in [3.8, 4) is 0 Å². The summed E-state index contributed by atoms with van der Waals surface area (Å²) in [6.07, 6.45) is 8.38. The average molecular weight is 345 g/mol. The quantitative estimate of drug-likeness (QED) is 0.833. The Morgan fingerprint density at radius 1 is 1.25 bits per heavy atom. The number of amides is 1. The second-order valence-electron chi connectivity index (χ2n) is 5.97. The highest BCUT2D eigenvalue weighted by atomic mass is 32.1. The van der Waals surface area contributed by atoms with Crippen molar-refractivity contribution in [1.82, 2.24) is 19.9 Å². The third-order valence-corrected chi connectivity index (χ3v) is 5.42. The molecule has 0 saturated carbocycles. The van der Waals surface area contributed by atoms with Gasteiger partial charge in [0.05, 0.1) is 16.9 Å². The van der Waals surface area contributed by atoms with Gasteiger partial charge in [0.15, 0.2) is 0 Å². The van der Waals surface area contributed by atoms with Gasteiger partial charge < -0.3 is 9.80 Å². The van der Waals surface area contributed by atoms with Crippen molar-refractivity contribution in [2.45, 2.75) is 33.1 Å². The predicted octanol–water partition coefficient (Wildman–Crippen LogP) is 2.55. The number of anilines is 1. The van der Waals surface area contributed by atoms with Gasteiger partial charge in [0, 0.05) is 38.6 Å². The molecule has 0 N–H and O–H groups in total. The molecule has 0 radical (unpaired) electrons. The van der Waals surface area contributed by atoms with E-state index in [1.54, 1.807) is 29.9 Å². The third-order valence-electron chi connectivity index (χ3n) is 4.22. The van der Waals surface area contributed by atoms with Crippen LogP contribution in [-0.2, 0) is 6.42 Å². The fourth-order valence-corrected chi connectivity index (χ4v) is 3.90. The Morgan fingerprint density at radius 2 is 2.04 bits per heavy atom. The van der Waals surface area contributed by atoms with E-state index in [-0.39, 0.29) is 5.91 Å². The fraction of sp³-hybridized carbons (Fsp3) is 0.529. The van der Waals surface area contributed by atoms with Gasteiger partial charge in [0.1, 0.15) is 10.7 Å². The summed E-state index contributed by atoms with van der Waals surface area (Å²) in [5, 5.41) is 1.08. The first kappa shape index (κ1) is 16.8. The van der Waals surface area contributed by atoms with Gasteiger partial charge in [-0.1, -0.05) is 13.3 Å². The highest BCUT2D eigenvalue weighted by molar-refractivity contribution is 7.13. The minimum absolute atomic E-state index is 0.117. The SMILES string of the molecule is CCCCc1nc(C)c(C(=O)N2CCN(c3cnccn3)CC2)s1. The van der Waals surface area contributed by atoms with Gasteiger partial charge in [-0.15, -0.1) is 11.3 Å². The van der Waals surface area contributed by atoms with E-state index < -0.39 is 0 Å². The number of aromatic nitrogens is 3. The Bertz CT molecular complexity index is 680. The van der Waals surface area contributed by atoms with E-state index in [1.807, 2.05) is 11.8 Å². The summed E-state index contributed by atoms with van der Waals surface area (Å²) in [5.41, 5.74) is 0.868. The van der Waals surface area contributed by atoms with Crippen molar-refractivity contribution in [2.24, 2.45) is 0 Å². The molecule has 128 valence electrons. The molecule has 3 heterocycles. The topological polar surface area (TPSA) is 62.2 Å². The van der Waals surface area contributed by atoms with Crippen molar-refractivity contribution in [3.63, 3.8) is 0 Å².